The van der Waals surface area contributed by atoms with Crippen molar-refractivity contribution in [2.24, 2.45) is 0 Å². The Morgan fingerprint density at radius 1 is 1.38 bits per heavy atom. The summed E-state index contributed by atoms with van der Waals surface area (Å²) in [5.41, 5.74) is 0.803. The van der Waals surface area contributed by atoms with E-state index in [2.05, 4.69) is 0 Å². The smallest absolute Gasteiger partial charge is 0.153 e. The fourth-order valence-electron chi connectivity index (χ4n) is 1.09. The highest BCUT2D eigenvalue weighted by Gasteiger charge is 2.08. The first-order valence-corrected chi connectivity index (χ1v) is 3.94. The molecule has 0 fully saturated rings. The third kappa shape index (κ3) is 2.29. The zero-order valence-corrected chi connectivity index (χ0v) is 7.69. The number of methoxy groups -OCH3 is 2. The van der Waals surface area contributed by atoms with Crippen LogP contribution in [-0.4, -0.2) is 20.5 Å². The summed E-state index contributed by atoms with van der Waals surface area (Å²) in [5.74, 6) is 0.724. The van der Waals surface area contributed by atoms with Crippen LogP contribution in [0.1, 0.15) is 11.7 Å². The molecule has 0 radical (unpaired) electrons. The molecule has 0 amide bonds. The standard InChI is InChI=1S/C10H12O3/c1-12-9-5-3-4-8(6-9)10(7-11)13-2/h3-7,10H,1-2H3. The largest absolute Gasteiger partial charge is 0.497 e. The summed E-state index contributed by atoms with van der Waals surface area (Å²) < 4.78 is 9.98. The van der Waals surface area contributed by atoms with Gasteiger partial charge in [0.25, 0.3) is 0 Å². The zero-order chi connectivity index (χ0) is 9.68. The number of ether oxygens (including phenoxy) is 2. The van der Waals surface area contributed by atoms with E-state index >= 15 is 0 Å². The van der Waals surface area contributed by atoms with E-state index in [1.54, 1.807) is 13.2 Å². The first kappa shape index (κ1) is 9.74. The Hall–Kier alpha value is -1.35. The second kappa shape index (κ2) is 4.62. The van der Waals surface area contributed by atoms with Crippen molar-refractivity contribution in [3.63, 3.8) is 0 Å². The van der Waals surface area contributed by atoms with Crippen LogP contribution >= 0.6 is 0 Å². The van der Waals surface area contributed by atoms with E-state index in [4.69, 9.17) is 9.47 Å². The Bertz CT molecular complexity index is 283. The van der Waals surface area contributed by atoms with Gasteiger partial charge in [-0.3, -0.25) is 0 Å². The Morgan fingerprint density at radius 3 is 2.69 bits per heavy atom. The molecule has 0 aliphatic heterocycles. The third-order valence-corrected chi connectivity index (χ3v) is 1.80. The van der Waals surface area contributed by atoms with Crippen LogP contribution in [-0.2, 0) is 9.53 Å². The van der Waals surface area contributed by atoms with Crippen molar-refractivity contribution >= 4 is 6.29 Å². The molecule has 1 rings (SSSR count). The lowest BCUT2D eigenvalue weighted by molar-refractivity contribution is -0.116. The number of benzene rings is 1. The number of carbonyl (C=O) groups is 1. The van der Waals surface area contributed by atoms with Gasteiger partial charge in [0.1, 0.15) is 11.9 Å². The number of aldehydes is 1. The molecule has 1 unspecified atom stereocenters. The summed E-state index contributed by atoms with van der Waals surface area (Å²) in [6, 6.07) is 7.25. The maximum Gasteiger partial charge on any atom is 0.153 e. The van der Waals surface area contributed by atoms with E-state index in [0.717, 1.165) is 17.6 Å². The van der Waals surface area contributed by atoms with Gasteiger partial charge in [-0.25, -0.2) is 0 Å². The Morgan fingerprint density at radius 2 is 2.15 bits per heavy atom. The van der Waals surface area contributed by atoms with Crippen molar-refractivity contribution in [2.45, 2.75) is 6.10 Å². The Labute approximate surface area is 77.3 Å². The van der Waals surface area contributed by atoms with Gasteiger partial charge in [-0.1, -0.05) is 12.1 Å². The molecule has 13 heavy (non-hydrogen) atoms. The topological polar surface area (TPSA) is 35.5 Å². The van der Waals surface area contributed by atoms with E-state index in [9.17, 15) is 4.79 Å². The van der Waals surface area contributed by atoms with Crippen LogP contribution < -0.4 is 4.74 Å². The average Bonchev–Trinajstić information content (AvgIpc) is 2.20. The summed E-state index contributed by atoms with van der Waals surface area (Å²) in [6.45, 7) is 0. The first-order chi connectivity index (χ1) is 6.31. The van der Waals surface area contributed by atoms with Gasteiger partial charge in [0, 0.05) is 7.11 Å². The molecule has 1 atom stereocenters. The van der Waals surface area contributed by atoms with Gasteiger partial charge in [-0.05, 0) is 17.7 Å². The van der Waals surface area contributed by atoms with E-state index in [1.807, 2.05) is 18.2 Å². The fourth-order valence-corrected chi connectivity index (χ4v) is 1.09. The number of hydrogen-bond donors (Lipinski definition) is 0. The van der Waals surface area contributed by atoms with Gasteiger partial charge < -0.3 is 14.3 Å². The lowest BCUT2D eigenvalue weighted by atomic mass is 10.1. The molecule has 1 aromatic rings. The Kier molecular flexibility index (Phi) is 3.46. The molecule has 0 N–H and O–H groups in total. The zero-order valence-electron chi connectivity index (χ0n) is 7.69. The fraction of sp³-hybridized carbons (Fsp3) is 0.300. The summed E-state index contributed by atoms with van der Waals surface area (Å²) in [4.78, 5) is 10.6. The lowest BCUT2D eigenvalue weighted by Gasteiger charge is -2.09. The summed E-state index contributed by atoms with van der Waals surface area (Å²) in [5, 5.41) is 0. The van der Waals surface area contributed by atoms with Crippen LogP contribution in [0, 0.1) is 0 Å². The first-order valence-electron chi connectivity index (χ1n) is 3.94. The van der Waals surface area contributed by atoms with Crippen molar-refractivity contribution in [1.29, 1.82) is 0 Å². The maximum atomic E-state index is 10.6. The maximum absolute atomic E-state index is 10.6. The molecule has 0 saturated carbocycles. The van der Waals surface area contributed by atoms with Crippen molar-refractivity contribution in [2.75, 3.05) is 14.2 Å². The minimum atomic E-state index is -0.505. The van der Waals surface area contributed by atoms with Gasteiger partial charge in [-0.15, -0.1) is 0 Å². The molecule has 0 heterocycles. The molecule has 0 saturated heterocycles. The molecule has 0 spiro atoms. The molecule has 3 heteroatoms. The summed E-state index contributed by atoms with van der Waals surface area (Å²) >= 11 is 0. The molecule has 0 aromatic heterocycles. The Balaban J connectivity index is 2.92. The second-order valence-corrected chi connectivity index (χ2v) is 2.57. The highest BCUT2D eigenvalue weighted by atomic mass is 16.5. The minimum absolute atomic E-state index is 0.505. The highest BCUT2D eigenvalue weighted by molar-refractivity contribution is 5.60. The quantitative estimate of drug-likeness (QED) is 0.660. The predicted octanol–water partition coefficient (Wildman–Crippen LogP) is 1.58. The number of hydrogen-bond acceptors (Lipinski definition) is 3. The third-order valence-electron chi connectivity index (χ3n) is 1.80. The van der Waals surface area contributed by atoms with Crippen LogP contribution in [0.25, 0.3) is 0 Å². The van der Waals surface area contributed by atoms with E-state index < -0.39 is 6.10 Å². The molecular formula is C10H12O3. The average molecular weight is 180 g/mol. The van der Waals surface area contributed by atoms with Gasteiger partial charge in [0.15, 0.2) is 6.29 Å². The van der Waals surface area contributed by atoms with Crippen LogP contribution in [0.5, 0.6) is 5.75 Å². The van der Waals surface area contributed by atoms with Gasteiger partial charge in [-0.2, -0.15) is 0 Å². The minimum Gasteiger partial charge on any atom is -0.497 e. The summed E-state index contributed by atoms with van der Waals surface area (Å²) in [6.07, 6.45) is 0.254. The van der Waals surface area contributed by atoms with E-state index in [1.165, 1.54) is 7.11 Å². The van der Waals surface area contributed by atoms with Gasteiger partial charge in [0.2, 0.25) is 0 Å². The molecule has 0 bridgehead atoms. The van der Waals surface area contributed by atoms with Crippen molar-refractivity contribution in [3.05, 3.63) is 29.8 Å². The normalized spacial score (nSPS) is 12.2. The van der Waals surface area contributed by atoms with Crippen LogP contribution in [0.3, 0.4) is 0 Å². The highest BCUT2D eigenvalue weighted by Crippen LogP contribution is 2.19. The van der Waals surface area contributed by atoms with Gasteiger partial charge >= 0.3 is 0 Å². The van der Waals surface area contributed by atoms with Crippen molar-refractivity contribution in [3.8, 4) is 5.75 Å². The van der Waals surface area contributed by atoms with E-state index in [-0.39, 0.29) is 0 Å². The van der Waals surface area contributed by atoms with E-state index in [0.29, 0.717) is 0 Å². The van der Waals surface area contributed by atoms with Gasteiger partial charge in [0.05, 0.1) is 7.11 Å². The molecule has 3 nitrogen and oxygen atoms in total. The predicted molar refractivity (Wildman–Crippen MR) is 48.8 cm³/mol. The van der Waals surface area contributed by atoms with Crippen LogP contribution in [0.2, 0.25) is 0 Å². The molecule has 1 aromatic carbocycles. The second-order valence-electron chi connectivity index (χ2n) is 2.57. The molecular weight excluding hydrogens is 168 g/mol. The van der Waals surface area contributed by atoms with Crippen molar-refractivity contribution < 1.29 is 14.3 Å². The SMILES string of the molecule is COc1cccc(C(C=O)OC)c1. The van der Waals surface area contributed by atoms with Crippen LogP contribution in [0.4, 0.5) is 0 Å². The number of carbonyl (C=O) groups excluding carboxylic acids is 1. The molecule has 0 aliphatic carbocycles. The van der Waals surface area contributed by atoms with Crippen LogP contribution in [0.15, 0.2) is 24.3 Å². The molecule has 70 valence electrons. The van der Waals surface area contributed by atoms with Crippen molar-refractivity contribution in [1.82, 2.24) is 0 Å². The lowest BCUT2D eigenvalue weighted by Crippen LogP contribution is -2.02. The number of rotatable bonds is 4. The monoisotopic (exact) mass is 180 g/mol. The summed E-state index contributed by atoms with van der Waals surface area (Å²) in [7, 11) is 3.08. The molecule has 0 aliphatic rings.